The molecule has 6 heteroatoms. The summed E-state index contributed by atoms with van der Waals surface area (Å²) in [4.78, 5) is 0. The van der Waals surface area contributed by atoms with Crippen molar-refractivity contribution in [3.8, 4) is 0 Å². The average Bonchev–Trinajstić information content (AvgIpc) is 2.02. The smallest absolute Gasteiger partial charge is 0.207 e. The first kappa shape index (κ1) is 12.7. The van der Waals surface area contributed by atoms with E-state index in [-0.39, 0.29) is 19.8 Å². The van der Waals surface area contributed by atoms with Crippen molar-refractivity contribution in [2.24, 2.45) is 0 Å². The first-order chi connectivity index (χ1) is 5.50. The van der Waals surface area contributed by atoms with Crippen molar-refractivity contribution in [1.29, 1.82) is 0 Å². The molecule has 0 saturated heterocycles. The highest BCUT2D eigenvalue weighted by Crippen LogP contribution is 2.31. The predicted molar refractivity (Wildman–Crippen MR) is 54.9 cm³/mol. The van der Waals surface area contributed by atoms with E-state index < -0.39 is 0 Å². The molecule has 0 heterocycles. The summed E-state index contributed by atoms with van der Waals surface area (Å²) >= 11 is 27.4. The van der Waals surface area contributed by atoms with Crippen LogP contribution in [0.5, 0.6) is 0 Å². The molecule has 0 unspecified atom stereocenters. The molecular formula is C6H5Cl5O. The van der Waals surface area contributed by atoms with Crippen LogP contribution in [0.25, 0.3) is 0 Å². The van der Waals surface area contributed by atoms with Crippen molar-refractivity contribution in [2.75, 3.05) is 6.61 Å². The number of rotatable bonds is 3. The number of ether oxygens (including phenoxy) is 1. The minimum Gasteiger partial charge on any atom is -0.482 e. The minimum atomic E-state index is -0.153. The normalized spacial score (nSPS) is 12.2. The van der Waals surface area contributed by atoms with Crippen LogP contribution in [0.2, 0.25) is 0 Å². The van der Waals surface area contributed by atoms with Gasteiger partial charge in [0.05, 0.1) is 11.6 Å². The Morgan fingerprint density at radius 2 is 1.50 bits per heavy atom. The lowest BCUT2D eigenvalue weighted by Gasteiger charge is -2.03. The third-order valence-corrected chi connectivity index (χ3v) is 2.60. The summed E-state index contributed by atoms with van der Waals surface area (Å²) in [6.07, 6.45) is 0. The molecule has 0 atom stereocenters. The monoisotopic (exact) mass is 268 g/mol. The lowest BCUT2D eigenvalue weighted by atomic mass is 10.6. The maximum absolute atomic E-state index is 5.62. The summed E-state index contributed by atoms with van der Waals surface area (Å²) in [5.41, 5.74) is 0. The van der Waals surface area contributed by atoms with Crippen LogP contribution in [0.3, 0.4) is 0 Å². The first-order valence-corrected chi connectivity index (χ1v) is 4.78. The second-order valence-electron chi connectivity index (χ2n) is 1.60. The molecule has 0 spiro atoms. The van der Waals surface area contributed by atoms with Gasteiger partial charge < -0.3 is 4.74 Å². The molecule has 0 bridgehead atoms. The standard InChI is InChI=1S/C6H5Cl5O/c1-2-12-6(11)4(8)3(7)5(9)10/h2H2,1H3/b6-4+. The zero-order valence-electron chi connectivity index (χ0n) is 6.01. The van der Waals surface area contributed by atoms with E-state index in [0.717, 1.165) is 0 Å². The van der Waals surface area contributed by atoms with E-state index in [1.807, 2.05) is 0 Å². The van der Waals surface area contributed by atoms with Crippen LogP contribution in [-0.2, 0) is 4.74 Å². The number of halogens is 5. The topological polar surface area (TPSA) is 9.23 Å². The Labute approximate surface area is 95.8 Å². The minimum absolute atomic E-state index is 0.000170. The first-order valence-electron chi connectivity index (χ1n) is 2.89. The van der Waals surface area contributed by atoms with Crippen molar-refractivity contribution >= 4 is 58.0 Å². The van der Waals surface area contributed by atoms with Crippen molar-refractivity contribution in [3.63, 3.8) is 0 Å². The predicted octanol–water partition coefficient (Wildman–Crippen LogP) is 4.56. The van der Waals surface area contributed by atoms with E-state index in [4.69, 9.17) is 62.7 Å². The summed E-state index contributed by atoms with van der Waals surface area (Å²) in [5, 5.41) is -0.0541. The highest BCUT2D eigenvalue weighted by atomic mass is 35.5. The van der Waals surface area contributed by atoms with E-state index in [2.05, 4.69) is 0 Å². The van der Waals surface area contributed by atoms with Crippen molar-refractivity contribution in [3.05, 3.63) is 19.8 Å². The summed E-state index contributed by atoms with van der Waals surface area (Å²) < 4.78 is 4.70. The van der Waals surface area contributed by atoms with Crippen LogP contribution in [0.1, 0.15) is 6.92 Å². The van der Waals surface area contributed by atoms with Crippen molar-refractivity contribution < 1.29 is 4.74 Å². The Kier molecular flexibility index (Phi) is 6.60. The fourth-order valence-electron chi connectivity index (χ4n) is 0.359. The molecule has 70 valence electrons. The van der Waals surface area contributed by atoms with E-state index in [1.54, 1.807) is 6.92 Å². The molecule has 0 aliphatic heterocycles. The van der Waals surface area contributed by atoms with Gasteiger partial charge in [-0.15, -0.1) is 0 Å². The molecule has 0 N–H and O–H groups in total. The molecule has 0 aromatic carbocycles. The van der Waals surface area contributed by atoms with Gasteiger partial charge in [-0.05, 0) is 18.5 Å². The van der Waals surface area contributed by atoms with E-state index in [1.165, 1.54) is 0 Å². The maximum atomic E-state index is 5.62. The van der Waals surface area contributed by atoms with Gasteiger partial charge in [-0.3, -0.25) is 0 Å². The van der Waals surface area contributed by atoms with Gasteiger partial charge in [0.25, 0.3) is 0 Å². The van der Waals surface area contributed by atoms with Gasteiger partial charge in [0, 0.05) is 0 Å². The number of allylic oxidation sites excluding steroid dienone is 2. The Balaban J connectivity index is 4.67. The second-order valence-corrected chi connectivity index (χ2v) is 3.64. The average molecular weight is 270 g/mol. The Morgan fingerprint density at radius 3 is 1.83 bits per heavy atom. The van der Waals surface area contributed by atoms with Crippen LogP contribution in [0.15, 0.2) is 19.8 Å². The third-order valence-electron chi connectivity index (χ3n) is 0.802. The van der Waals surface area contributed by atoms with Crippen LogP contribution >= 0.6 is 58.0 Å². The van der Waals surface area contributed by atoms with Crippen LogP contribution < -0.4 is 0 Å². The quantitative estimate of drug-likeness (QED) is 0.540. The summed E-state index contributed by atoms with van der Waals surface area (Å²) in [7, 11) is 0. The van der Waals surface area contributed by atoms with Gasteiger partial charge in [-0.1, -0.05) is 46.4 Å². The van der Waals surface area contributed by atoms with Gasteiger partial charge >= 0.3 is 0 Å². The lowest BCUT2D eigenvalue weighted by molar-refractivity contribution is 0.254. The van der Waals surface area contributed by atoms with Gasteiger partial charge in [0.1, 0.15) is 9.52 Å². The summed E-state index contributed by atoms with van der Waals surface area (Å²) in [6, 6.07) is 0. The van der Waals surface area contributed by atoms with Crippen LogP contribution in [0.4, 0.5) is 0 Å². The zero-order valence-corrected chi connectivity index (χ0v) is 9.78. The second kappa shape index (κ2) is 6.22. The molecular weight excluding hydrogens is 265 g/mol. The molecule has 12 heavy (non-hydrogen) atoms. The Morgan fingerprint density at radius 1 is 1.00 bits per heavy atom. The van der Waals surface area contributed by atoms with Gasteiger partial charge in [0.2, 0.25) is 5.22 Å². The van der Waals surface area contributed by atoms with Crippen molar-refractivity contribution in [2.45, 2.75) is 6.92 Å². The molecule has 0 saturated carbocycles. The SMILES string of the molecule is CCO/C(Cl)=C(/Cl)C(Cl)=C(Cl)Cl. The molecule has 0 aromatic heterocycles. The zero-order chi connectivity index (χ0) is 9.72. The number of hydrogen-bond acceptors (Lipinski definition) is 1. The van der Waals surface area contributed by atoms with E-state index in [0.29, 0.717) is 6.61 Å². The molecule has 0 rings (SSSR count). The lowest BCUT2D eigenvalue weighted by Crippen LogP contribution is -1.87. The van der Waals surface area contributed by atoms with Crippen LogP contribution in [0, 0.1) is 0 Å². The molecule has 0 aliphatic rings. The molecule has 0 fully saturated rings. The van der Waals surface area contributed by atoms with E-state index in [9.17, 15) is 0 Å². The third kappa shape index (κ3) is 4.11. The molecule has 0 aliphatic carbocycles. The van der Waals surface area contributed by atoms with Gasteiger partial charge in [-0.2, -0.15) is 0 Å². The fourth-order valence-corrected chi connectivity index (χ4v) is 1.13. The largest absolute Gasteiger partial charge is 0.482 e. The Bertz CT molecular complexity index is 216. The number of hydrogen-bond donors (Lipinski definition) is 0. The molecule has 1 nitrogen and oxygen atoms in total. The molecule has 0 amide bonds. The Hall–Kier alpha value is 0.730. The maximum Gasteiger partial charge on any atom is 0.207 e. The van der Waals surface area contributed by atoms with Gasteiger partial charge in [0.15, 0.2) is 0 Å². The summed E-state index contributed by atoms with van der Waals surface area (Å²) in [6.45, 7) is 2.14. The molecule has 0 aromatic rings. The summed E-state index contributed by atoms with van der Waals surface area (Å²) in [5.74, 6) is 0. The van der Waals surface area contributed by atoms with E-state index >= 15 is 0 Å². The van der Waals surface area contributed by atoms with Crippen LogP contribution in [-0.4, -0.2) is 6.61 Å². The fraction of sp³-hybridized carbons (Fsp3) is 0.333. The highest BCUT2D eigenvalue weighted by Gasteiger charge is 2.10. The van der Waals surface area contributed by atoms with Gasteiger partial charge in [-0.25, -0.2) is 0 Å². The molecule has 0 radical (unpaired) electrons. The van der Waals surface area contributed by atoms with Crippen molar-refractivity contribution in [1.82, 2.24) is 0 Å². The highest BCUT2D eigenvalue weighted by molar-refractivity contribution is 6.62.